The van der Waals surface area contributed by atoms with E-state index in [4.69, 9.17) is 16.3 Å². The van der Waals surface area contributed by atoms with Crippen molar-refractivity contribution in [3.63, 3.8) is 0 Å². The van der Waals surface area contributed by atoms with Crippen LogP contribution in [0.2, 0.25) is 5.02 Å². The zero-order chi connectivity index (χ0) is 25.4. The predicted molar refractivity (Wildman–Crippen MR) is 136 cm³/mol. The summed E-state index contributed by atoms with van der Waals surface area (Å²) in [5, 5.41) is 14.3. The van der Waals surface area contributed by atoms with Crippen LogP contribution in [0.3, 0.4) is 0 Å². The van der Waals surface area contributed by atoms with Crippen LogP contribution < -0.4 is 10.1 Å². The number of hydrogen-bond donors (Lipinski definition) is 2. The molecule has 3 aromatic rings. The van der Waals surface area contributed by atoms with Crippen molar-refractivity contribution in [2.24, 2.45) is 0 Å². The third kappa shape index (κ3) is 8.46. The van der Waals surface area contributed by atoms with E-state index < -0.39 is 17.7 Å². The molecule has 0 aromatic heterocycles. The summed E-state index contributed by atoms with van der Waals surface area (Å²) in [6, 6.07) is 18.8. The molecule has 0 saturated carbocycles. The largest absolute Gasteiger partial charge is 0.457 e. The first-order chi connectivity index (χ1) is 16.7. The number of aryl methyl sites for hydroxylation is 1. The van der Waals surface area contributed by atoms with Crippen LogP contribution in [0.4, 0.5) is 13.2 Å². The van der Waals surface area contributed by atoms with Gasteiger partial charge in [0.2, 0.25) is 0 Å². The molecule has 3 nitrogen and oxygen atoms in total. The molecule has 0 aliphatic carbocycles. The molecule has 3 rings (SSSR count). The van der Waals surface area contributed by atoms with Crippen molar-refractivity contribution in [1.82, 2.24) is 5.32 Å². The van der Waals surface area contributed by atoms with Gasteiger partial charge in [-0.15, -0.1) is 0 Å². The van der Waals surface area contributed by atoms with E-state index in [0.717, 1.165) is 24.0 Å². The van der Waals surface area contributed by atoms with Crippen LogP contribution in [0, 0.1) is 0 Å². The summed E-state index contributed by atoms with van der Waals surface area (Å²) in [5.74, 6) is 1.24. The van der Waals surface area contributed by atoms with Gasteiger partial charge in [-0.1, -0.05) is 56.1 Å². The van der Waals surface area contributed by atoms with Crippen molar-refractivity contribution in [3.05, 3.63) is 88.4 Å². The summed E-state index contributed by atoms with van der Waals surface area (Å²) in [6.07, 6.45) is 1.67. The Bertz CT molecular complexity index is 1110. The fraction of sp³-hybridized carbons (Fsp3) is 0.333. The maximum atomic E-state index is 13.0. The van der Waals surface area contributed by atoms with Crippen LogP contribution >= 0.6 is 23.4 Å². The molecule has 0 radical (unpaired) electrons. The Hall–Kier alpha value is -2.19. The topological polar surface area (TPSA) is 41.5 Å². The minimum Gasteiger partial charge on any atom is -0.457 e. The first-order valence-electron chi connectivity index (χ1n) is 11.5. The molecule has 0 saturated heterocycles. The highest BCUT2D eigenvalue weighted by Gasteiger charge is 2.29. The smallest absolute Gasteiger partial charge is 0.446 e. The molecular formula is C27H29ClF3NO2S. The number of aliphatic hydroxyl groups excluding tert-OH is 1. The molecule has 0 aliphatic heterocycles. The third-order valence-electron chi connectivity index (χ3n) is 5.43. The van der Waals surface area contributed by atoms with Crippen molar-refractivity contribution in [2.75, 3.05) is 6.54 Å². The lowest BCUT2D eigenvalue weighted by Crippen LogP contribution is -2.31. The summed E-state index contributed by atoms with van der Waals surface area (Å²) in [5.41, 5.74) is -1.92. The Balaban J connectivity index is 1.91. The van der Waals surface area contributed by atoms with Gasteiger partial charge in [0.1, 0.15) is 11.5 Å². The maximum absolute atomic E-state index is 13.0. The molecule has 0 fully saturated rings. The first kappa shape index (κ1) is 27.4. The molecule has 8 heteroatoms. The van der Waals surface area contributed by atoms with Crippen molar-refractivity contribution in [3.8, 4) is 11.5 Å². The maximum Gasteiger partial charge on any atom is 0.446 e. The summed E-state index contributed by atoms with van der Waals surface area (Å²) in [4.78, 5) is 0.108. The lowest BCUT2D eigenvalue weighted by Gasteiger charge is -2.23. The normalized spacial score (nSPS) is 13.5. The van der Waals surface area contributed by atoms with Gasteiger partial charge in [0.25, 0.3) is 0 Å². The van der Waals surface area contributed by atoms with Gasteiger partial charge >= 0.3 is 5.51 Å². The Labute approximate surface area is 213 Å². The van der Waals surface area contributed by atoms with Crippen molar-refractivity contribution < 1.29 is 23.0 Å². The molecule has 188 valence electrons. The van der Waals surface area contributed by atoms with Gasteiger partial charge in [-0.25, -0.2) is 0 Å². The van der Waals surface area contributed by atoms with E-state index in [2.05, 4.69) is 5.32 Å². The van der Waals surface area contributed by atoms with E-state index in [1.807, 2.05) is 44.2 Å². The average Bonchev–Trinajstić information content (AvgIpc) is 2.80. The predicted octanol–water partition coefficient (Wildman–Crippen LogP) is 8.15. The Morgan fingerprint density at radius 3 is 2.34 bits per heavy atom. The number of nitrogens with one attached hydrogen (secondary N) is 1. The minimum atomic E-state index is -4.37. The van der Waals surface area contributed by atoms with E-state index in [1.165, 1.54) is 12.1 Å². The standard InChI is InChI=1S/C27H29ClF3NO2S/c1-3-7-21(33)17-32-26(20-9-6-11-24(16-20)35-27(29,30)31)19-8-5-10-22(15-19)34-23-12-13-25(28)18(4-2)14-23/h5-6,8-16,21,26,32-33H,3-4,7,17H2,1-2H3. The highest BCUT2D eigenvalue weighted by Crippen LogP contribution is 2.38. The number of aliphatic hydroxyl groups is 1. The number of thioether (sulfide) groups is 1. The van der Waals surface area contributed by atoms with Crippen molar-refractivity contribution in [1.29, 1.82) is 0 Å². The molecule has 0 amide bonds. The van der Waals surface area contributed by atoms with Crippen LogP contribution in [-0.4, -0.2) is 23.3 Å². The van der Waals surface area contributed by atoms with Crippen LogP contribution in [0.15, 0.2) is 71.6 Å². The molecule has 2 unspecified atom stereocenters. The van der Waals surface area contributed by atoms with Crippen LogP contribution in [0.1, 0.15) is 49.4 Å². The fourth-order valence-corrected chi connectivity index (χ4v) is 4.65. The van der Waals surface area contributed by atoms with Gasteiger partial charge in [-0.3, -0.25) is 0 Å². The number of benzene rings is 3. The number of alkyl halides is 3. The molecule has 0 bridgehead atoms. The lowest BCUT2D eigenvalue weighted by atomic mass is 9.98. The van der Waals surface area contributed by atoms with Crippen molar-refractivity contribution >= 4 is 23.4 Å². The van der Waals surface area contributed by atoms with Gasteiger partial charge in [-0.2, -0.15) is 13.2 Å². The molecule has 35 heavy (non-hydrogen) atoms. The highest BCUT2D eigenvalue weighted by molar-refractivity contribution is 8.00. The van der Waals surface area contributed by atoms with Gasteiger partial charge in [0.15, 0.2) is 0 Å². The first-order valence-corrected chi connectivity index (χ1v) is 12.7. The quantitative estimate of drug-likeness (QED) is 0.249. The molecule has 3 aromatic carbocycles. The second-order valence-corrected chi connectivity index (χ2v) is 9.73. The Kier molecular flexibility index (Phi) is 9.92. The molecule has 2 atom stereocenters. The lowest BCUT2D eigenvalue weighted by molar-refractivity contribution is -0.0328. The van der Waals surface area contributed by atoms with E-state index in [-0.39, 0.29) is 16.7 Å². The highest BCUT2D eigenvalue weighted by atomic mass is 35.5. The van der Waals surface area contributed by atoms with Gasteiger partial charge in [-0.05, 0) is 83.8 Å². The van der Waals surface area contributed by atoms with E-state index in [9.17, 15) is 18.3 Å². The summed E-state index contributed by atoms with van der Waals surface area (Å²) < 4.78 is 45.0. The van der Waals surface area contributed by atoms with Crippen LogP contribution in [-0.2, 0) is 6.42 Å². The molecule has 0 aliphatic rings. The second kappa shape index (κ2) is 12.7. The zero-order valence-electron chi connectivity index (χ0n) is 19.6. The molecular weight excluding hydrogens is 495 g/mol. The second-order valence-electron chi connectivity index (χ2n) is 8.19. The molecule has 2 N–H and O–H groups in total. The molecule has 0 heterocycles. The number of ether oxygens (including phenoxy) is 1. The van der Waals surface area contributed by atoms with E-state index in [1.54, 1.807) is 24.3 Å². The minimum absolute atomic E-state index is 0.108. The average molecular weight is 524 g/mol. The Morgan fingerprint density at radius 2 is 1.66 bits per heavy atom. The third-order valence-corrected chi connectivity index (χ3v) is 6.52. The van der Waals surface area contributed by atoms with Crippen LogP contribution in [0.25, 0.3) is 0 Å². The zero-order valence-corrected chi connectivity index (χ0v) is 21.2. The Morgan fingerprint density at radius 1 is 0.971 bits per heavy atom. The van der Waals surface area contributed by atoms with E-state index in [0.29, 0.717) is 35.1 Å². The van der Waals surface area contributed by atoms with Crippen molar-refractivity contribution in [2.45, 2.75) is 55.7 Å². The summed E-state index contributed by atoms with van der Waals surface area (Å²) >= 11 is 6.07. The summed E-state index contributed by atoms with van der Waals surface area (Å²) in [6.45, 7) is 4.30. The van der Waals surface area contributed by atoms with Gasteiger partial charge < -0.3 is 15.2 Å². The van der Waals surface area contributed by atoms with Crippen LogP contribution in [0.5, 0.6) is 11.5 Å². The van der Waals surface area contributed by atoms with Gasteiger partial charge in [0.05, 0.1) is 12.1 Å². The van der Waals surface area contributed by atoms with Gasteiger partial charge in [0, 0.05) is 16.5 Å². The number of hydrogen-bond acceptors (Lipinski definition) is 4. The monoisotopic (exact) mass is 523 g/mol. The SMILES string of the molecule is CCCC(O)CNC(c1cccc(Oc2ccc(Cl)c(CC)c2)c1)c1cccc(SC(F)(F)F)c1. The van der Waals surface area contributed by atoms with E-state index >= 15 is 0 Å². The summed E-state index contributed by atoms with van der Waals surface area (Å²) in [7, 11) is 0. The number of halogens is 4. The fourth-order valence-electron chi connectivity index (χ4n) is 3.79. The molecule has 0 spiro atoms. The number of rotatable bonds is 11.